The smallest absolute Gasteiger partial charge is 0.293 e. The number of anilines is 2. The maximum Gasteiger partial charge on any atom is 0.293 e. The molecule has 0 aliphatic carbocycles. The second-order valence-corrected chi connectivity index (χ2v) is 6.32. The molecule has 134 valence electrons. The van der Waals surface area contributed by atoms with Gasteiger partial charge in [-0.2, -0.15) is 5.26 Å². The zero-order chi connectivity index (χ0) is 17.6. The van der Waals surface area contributed by atoms with Crippen LogP contribution in [0, 0.1) is 21.4 Å². The van der Waals surface area contributed by atoms with E-state index in [9.17, 15) is 15.4 Å². The van der Waals surface area contributed by atoms with Crippen molar-refractivity contribution < 1.29 is 14.4 Å². The van der Waals surface area contributed by atoms with Gasteiger partial charge in [0, 0.05) is 32.4 Å². The summed E-state index contributed by atoms with van der Waals surface area (Å²) in [5.74, 6) is 0. The lowest BCUT2D eigenvalue weighted by Crippen LogP contribution is -2.20. The molecule has 1 aromatic carbocycles. The van der Waals surface area contributed by atoms with Crippen LogP contribution in [0.3, 0.4) is 0 Å². The molecule has 2 aliphatic rings. The van der Waals surface area contributed by atoms with Crippen LogP contribution in [0.2, 0.25) is 0 Å². The first-order valence-corrected chi connectivity index (χ1v) is 8.61. The second kappa shape index (κ2) is 8.14. The van der Waals surface area contributed by atoms with E-state index in [4.69, 9.17) is 9.47 Å². The normalized spacial score (nSPS) is 22.5. The topological polar surface area (TPSA) is 109 Å². The second-order valence-electron chi connectivity index (χ2n) is 6.32. The van der Waals surface area contributed by atoms with Crippen LogP contribution in [0.4, 0.5) is 17.1 Å². The van der Waals surface area contributed by atoms with Crippen LogP contribution >= 0.6 is 0 Å². The molecule has 0 saturated carbocycles. The van der Waals surface area contributed by atoms with Crippen molar-refractivity contribution in [1.29, 1.82) is 5.26 Å². The van der Waals surface area contributed by atoms with Crippen LogP contribution < -0.4 is 10.6 Å². The quantitative estimate of drug-likeness (QED) is 0.577. The number of hydrogen-bond donors (Lipinski definition) is 2. The highest BCUT2D eigenvalue weighted by atomic mass is 16.6. The summed E-state index contributed by atoms with van der Waals surface area (Å²) in [7, 11) is 0. The van der Waals surface area contributed by atoms with E-state index in [2.05, 4.69) is 10.6 Å². The van der Waals surface area contributed by atoms with E-state index in [0.29, 0.717) is 24.5 Å². The van der Waals surface area contributed by atoms with Crippen LogP contribution in [-0.4, -0.2) is 43.4 Å². The van der Waals surface area contributed by atoms with Gasteiger partial charge >= 0.3 is 0 Å². The van der Waals surface area contributed by atoms with E-state index in [0.717, 1.165) is 38.9 Å². The number of nitro benzene ring substituents is 1. The number of nitro groups is 1. The summed E-state index contributed by atoms with van der Waals surface area (Å²) < 4.78 is 11.1. The lowest BCUT2D eigenvalue weighted by atomic mass is 10.1. The van der Waals surface area contributed by atoms with E-state index in [-0.39, 0.29) is 23.5 Å². The van der Waals surface area contributed by atoms with Crippen molar-refractivity contribution in [2.75, 3.05) is 36.9 Å². The van der Waals surface area contributed by atoms with Crippen LogP contribution in [0.25, 0.3) is 0 Å². The Morgan fingerprint density at radius 1 is 1.12 bits per heavy atom. The number of nitriles is 1. The summed E-state index contributed by atoms with van der Waals surface area (Å²) in [6, 6.07) is 4.99. The van der Waals surface area contributed by atoms with Gasteiger partial charge in [0.1, 0.15) is 11.8 Å². The molecule has 2 atom stereocenters. The molecular weight excluding hydrogens is 324 g/mol. The SMILES string of the molecule is N#Cc1cc([N+](=O)[O-])c(NCC2CCCO2)cc1NCC1CCCO1. The third kappa shape index (κ3) is 4.38. The summed E-state index contributed by atoms with van der Waals surface area (Å²) in [6.07, 6.45) is 4.15. The number of hydrogen-bond acceptors (Lipinski definition) is 7. The van der Waals surface area contributed by atoms with Crippen molar-refractivity contribution in [3.63, 3.8) is 0 Å². The zero-order valence-electron chi connectivity index (χ0n) is 14.0. The van der Waals surface area contributed by atoms with E-state index in [1.54, 1.807) is 6.07 Å². The summed E-state index contributed by atoms with van der Waals surface area (Å²) in [5.41, 5.74) is 1.14. The van der Waals surface area contributed by atoms with Gasteiger partial charge in [0.05, 0.1) is 28.4 Å². The molecule has 2 aliphatic heterocycles. The number of nitrogens with one attached hydrogen (secondary N) is 2. The fraction of sp³-hybridized carbons (Fsp3) is 0.588. The summed E-state index contributed by atoms with van der Waals surface area (Å²) in [6.45, 7) is 2.58. The maximum atomic E-state index is 11.3. The highest BCUT2D eigenvalue weighted by Crippen LogP contribution is 2.32. The highest BCUT2D eigenvalue weighted by molar-refractivity contribution is 5.74. The molecule has 0 bridgehead atoms. The molecule has 2 N–H and O–H groups in total. The minimum atomic E-state index is -0.470. The van der Waals surface area contributed by atoms with E-state index >= 15 is 0 Å². The van der Waals surface area contributed by atoms with Gasteiger partial charge < -0.3 is 20.1 Å². The average molecular weight is 346 g/mol. The Morgan fingerprint density at radius 3 is 2.20 bits per heavy atom. The van der Waals surface area contributed by atoms with Crippen LogP contribution in [0.15, 0.2) is 12.1 Å². The minimum Gasteiger partial charge on any atom is -0.381 e. The fourth-order valence-corrected chi connectivity index (χ4v) is 3.18. The molecule has 2 fully saturated rings. The van der Waals surface area contributed by atoms with Gasteiger partial charge in [-0.3, -0.25) is 10.1 Å². The Morgan fingerprint density at radius 2 is 1.72 bits per heavy atom. The van der Waals surface area contributed by atoms with Gasteiger partial charge in [-0.25, -0.2) is 0 Å². The lowest BCUT2D eigenvalue weighted by Gasteiger charge is -2.16. The Labute approximate surface area is 146 Å². The highest BCUT2D eigenvalue weighted by Gasteiger charge is 2.22. The molecule has 0 spiro atoms. The molecule has 8 nitrogen and oxygen atoms in total. The molecule has 2 saturated heterocycles. The van der Waals surface area contributed by atoms with Crippen molar-refractivity contribution in [2.45, 2.75) is 37.9 Å². The van der Waals surface area contributed by atoms with Crippen molar-refractivity contribution in [2.24, 2.45) is 0 Å². The number of rotatable bonds is 7. The molecule has 8 heteroatoms. The van der Waals surface area contributed by atoms with Crippen molar-refractivity contribution >= 4 is 17.1 Å². The van der Waals surface area contributed by atoms with E-state index in [1.165, 1.54) is 6.07 Å². The van der Waals surface area contributed by atoms with Gasteiger partial charge in [-0.05, 0) is 31.7 Å². The minimum absolute atomic E-state index is 0.0681. The van der Waals surface area contributed by atoms with Crippen molar-refractivity contribution in [3.8, 4) is 6.07 Å². The Kier molecular flexibility index (Phi) is 5.68. The average Bonchev–Trinajstić information content (AvgIpc) is 3.31. The zero-order valence-corrected chi connectivity index (χ0v) is 14.0. The largest absolute Gasteiger partial charge is 0.381 e. The van der Waals surface area contributed by atoms with Gasteiger partial charge in [-0.15, -0.1) is 0 Å². The summed E-state index contributed by atoms with van der Waals surface area (Å²) >= 11 is 0. The van der Waals surface area contributed by atoms with E-state index in [1.807, 2.05) is 6.07 Å². The molecule has 0 amide bonds. The van der Waals surface area contributed by atoms with Crippen molar-refractivity contribution in [3.05, 3.63) is 27.8 Å². The molecular formula is C17H22N4O4. The lowest BCUT2D eigenvalue weighted by molar-refractivity contribution is -0.384. The molecule has 0 radical (unpaired) electrons. The Balaban J connectivity index is 1.76. The molecule has 2 heterocycles. The number of nitrogens with zero attached hydrogens (tertiary/aromatic N) is 2. The van der Waals surface area contributed by atoms with Crippen LogP contribution in [0.5, 0.6) is 0 Å². The van der Waals surface area contributed by atoms with Gasteiger partial charge in [-0.1, -0.05) is 0 Å². The molecule has 2 unspecified atom stereocenters. The van der Waals surface area contributed by atoms with Crippen molar-refractivity contribution in [1.82, 2.24) is 0 Å². The Hall–Kier alpha value is -2.37. The summed E-state index contributed by atoms with van der Waals surface area (Å²) in [5, 5.41) is 27.0. The number of ether oxygens (including phenoxy) is 2. The maximum absolute atomic E-state index is 11.3. The monoisotopic (exact) mass is 346 g/mol. The third-order valence-corrected chi connectivity index (χ3v) is 4.54. The molecule has 1 aromatic rings. The molecule has 0 aromatic heterocycles. The molecule has 3 rings (SSSR count). The van der Waals surface area contributed by atoms with Gasteiger partial charge in [0.15, 0.2) is 0 Å². The first-order valence-electron chi connectivity index (χ1n) is 8.61. The predicted octanol–water partition coefficient (Wildman–Crippen LogP) is 2.65. The first kappa shape index (κ1) is 17.5. The predicted molar refractivity (Wildman–Crippen MR) is 92.7 cm³/mol. The standard InChI is InChI=1S/C17H22N4O4/c18-9-12-7-17(21(22)23)16(20-11-14-4-2-6-25-14)8-15(12)19-10-13-3-1-5-24-13/h7-8,13-14,19-20H,1-6,10-11H2. The van der Waals surface area contributed by atoms with Gasteiger partial charge in [0.2, 0.25) is 0 Å². The third-order valence-electron chi connectivity index (χ3n) is 4.54. The van der Waals surface area contributed by atoms with Crippen LogP contribution in [-0.2, 0) is 9.47 Å². The summed E-state index contributed by atoms with van der Waals surface area (Å²) in [4.78, 5) is 10.9. The number of benzene rings is 1. The van der Waals surface area contributed by atoms with Crippen LogP contribution in [0.1, 0.15) is 31.2 Å². The first-order chi connectivity index (χ1) is 12.2. The Bertz CT molecular complexity index is 661. The van der Waals surface area contributed by atoms with E-state index < -0.39 is 4.92 Å². The molecule has 25 heavy (non-hydrogen) atoms. The fourth-order valence-electron chi connectivity index (χ4n) is 3.18. The van der Waals surface area contributed by atoms with Gasteiger partial charge in [0.25, 0.3) is 5.69 Å².